The lowest BCUT2D eigenvalue weighted by Crippen LogP contribution is -3.29. The number of carbonyl (C=O) groups is 1. The number of nitrogens with one attached hydrogen (secondary N) is 3. The number of piperazine rings is 1. The summed E-state index contributed by atoms with van der Waals surface area (Å²) in [6, 6.07) is 12.9. The van der Waals surface area contributed by atoms with E-state index in [-0.39, 0.29) is 11.9 Å². The molecule has 2 aromatic rings. The molecule has 3 N–H and O–H groups in total. The number of quaternary nitrogens is 2. The van der Waals surface area contributed by atoms with Gasteiger partial charge in [-0.05, 0) is 51.3 Å². The maximum Gasteiger partial charge on any atom is 0.282 e. The molecule has 0 aromatic heterocycles. The number of hydrogen-bond donors (Lipinski definition) is 3. The summed E-state index contributed by atoms with van der Waals surface area (Å²) in [7, 11) is 0. The number of amides is 1. The molecule has 1 heterocycles. The van der Waals surface area contributed by atoms with Crippen LogP contribution in [-0.2, 0) is 11.3 Å². The Morgan fingerprint density at radius 1 is 0.964 bits per heavy atom. The minimum absolute atomic E-state index is 0.0277. The summed E-state index contributed by atoms with van der Waals surface area (Å²) < 4.78 is 0. The van der Waals surface area contributed by atoms with Crippen molar-refractivity contribution in [2.24, 2.45) is 0 Å². The topological polar surface area (TPSA) is 38.0 Å². The molecule has 1 aliphatic heterocycles. The Bertz CT molecular complexity index is 814. The van der Waals surface area contributed by atoms with E-state index in [1.165, 1.54) is 21.6 Å². The first-order valence-electron chi connectivity index (χ1n) is 10.5. The van der Waals surface area contributed by atoms with Gasteiger partial charge in [-0.1, -0.05) is 42.0 Å². The normalized spacial score (nSPS) is 20.6. The Morgan fingerprint density at radius 3 is 2.18 bits per heavy atom. The van der Waals surface area contributed by atoms with Crippen molar-refractivity contribution in [2.45, 2.75) is 47.2 Å². The summed E-state index contributed by atoms with van der Waals surface area (Å²) >= 11 is 0. The maximum atomic E-state index is 12.9. The number of hydrogen-bond acceptors (Lipinski definition) is 1. The van der Waals surface area contributed by atoms with E-state index in [1.54, 1.807) is 4.90 Å². The lowest BCUT2D eigenvalue weighted by Gasteiger charge is -2.33. The van der Waals surface area contributed by atoms with Gasteiger partial charge in [0.15, 0.2) is 6.04 Å². The first kappa shape index (κ1) is 20.6. The predicted molar refractivity (Wildman–Crippen MR) is 115 cm³/mol. The molecule has 1 amide bonds. The molecule has 0 aliphatic carbocycles. The standard InChI is InChI=1S/C24H33N3O/c1-17-14-19(3)23(20(4)15-17)25-24(28)21(5)27-12-10-26(11-13-27)16-22-9-7-6-8-18(22)2/h6-9,14-15,21H,10-13,16H2,1-5H3,(H,25,28)/p+2/t21-/m0/s1. The molecular weight excluding hydrogens is 346 g/mol. The van der Waals surface area contributed by atoms with Gasteiger partial charge < -0.3 is 15.1 Å². The second-order valence-corrected chi connectivity index (χ2v) is 8.50. The van der Waals surface area contributed by atoms with Crippen LogP contribution in [0.3, 0.4) is 0 Å². The maximum absolute atomic E-state index is 12.9. The number of anilines is 1. The minimum Gasteiger partial charge on any atom is -0.322 e. The third-order valence-corrected chi connectivity index (χ3v) is 6.23. The molecule has 1 aliphatic rings. The van der Waals surface area contributed by atoms with Crippen LogP contribution in [0.5, 0.6) is 0 Å². The van der Waals surface area contributed by atoms with Crippen molar-refractivity contribution in [2.75, 3.05) is 31.5 Å². The van der Waals surface area contributed by atoms with Gasteiger partial charge in [-0.3, -0.25) is 4.79 Å². The molecule has 0 unspecified atom stereocenters. The Balaban J connectivity index is 1.55. The quantitative estimate of drug-likeness (QED) is 0.716. The second kappa shape index (κ2) is 8.89. The second-order valence-electron chi connectivity index (χ2n) is 8.50. The minimum atomic E-state index is -0.0277. The fourth-order valence-corrected chi connectivity index (χ4v) is 4.41. The van der Waals surface area contributed by atoms with Crippen LogP contribution in [0.15, 0.2) is 36.4 Å². The van der Waals surface area contributed by atoms with Crippen LogP contribution in [0.4, 0.5) is 5.69 Å². The Labute approximate surface area is 169 Å². The van der Waals surface area contributed by atoms with E-state index in [0.717, 1.165) is 49.5 Å². The van der Waals surface area contributed by atoms with E-state index < -0.39 is 0 Å². The summed E-state index contributed by atoms with van der Waals surface area (Å²) in [5, 5.41) is 3.19. The molecule has 0 spiro atoms. The molecule has 1 saturated heterocycles. The lowest BCUT2D eigenvalue weighted by atomic mass is 10.0. The van der Waals surface area contributed by atoms with E-state index in [1.807, 2.05) is 0 Å². The molecular formula is C24H35N3O+2. The van der Waals surface area contributed by atoms with E-state index in [9.17, 15) is 4.79 Å². The average molecular weight is 382 g/mol. The molecule has 150 valence electrons. The van der Waals surface area contributed by atoms with Gasteiger partial charge in [0.1, 0.15) is 32.7 Å². The zero-order valence-corrected chi connectivity index (χ0v) is 18.0. The smallest absolute Gasteiger partial charge is 0.282 e. The molecule has 0 bridgehead atoms. The molecule has 4 heteroatoms. The predicted octanol–water partition coefficient (Wildman–Crippen LogP) is 1.23. The summed E-state index contributed by atoms with van der Waals surface area (Å²) in [5.74, 6) is 0.132. The summed E-state index contributed by atoms with van der Waals surface area (Å²) in [6.07, 6.45) is 0. The number of aryl methyl sites for hydroxylation is 4. The van der Waals surface area contributed by atoms with Crippen LogP contribution < -0.4 is 15.1 Å². The number of rotatable bonds is 5. The summed E-state index contributed by atoms with van der Waals surface area (Å²) in [4.78, 5) is 15.9. The largest absolute Gasteiger partial charge is 0.322 e. The van der Waals surface area contributed by atoms with E-state index in [0.29, 0.717) is 0 Å². The molecule has 28 heavy (non-hydrogen) atoms. The summed E-state index contributed by atoms with van der Waals surface area (Å²) in [5.41, 5.74) is 7.31. The van der Waals surface area contributed by atoms with Gasteiger partial charge >= 0.3 is 0 Å². The molecule has 3 rings (SSSR count). The third kappa shape index (κ3) is 4.81. The van der Waals surface area contributed by atoms with Crippen molar-refractivity contribution in [3.8, 4) is 0 Å². The van der Waals surface area contributed by atoms with Crippen molar-refractivity contribution in [3.05, 3.63) is 64.2 Å². The number of benzene rings is 2. The van der Waals surface area contributed by atoms with Crippen molar-refractivity contribution >= 4 is 11.6 Å². The van der Waals surface area contributed by atoms with Gasteiger partial charge in [-0.25, -0.2) is 0 Å². The van der Waals surface area contributed by atoms with Crippen molar-refractivity contribution in [1.82, 2.24) is 0 Å². The van der Waals surface area contributed by atoms with Gasteiger partial charge in [0.25, 0.3) is 5.91 Å². The lowest BCUT2D eigenvalue weighted by molar-refractivity contribution is -1.02. The zero-order chi connectivity index (χ0) is 20.3. The van der Waals surface area contributed by atoms with Gasteiger partial charge in [0.05, 0.1) is 0 Å². The zero-order valence-electron chi connectivity index (χ0n) is 18.0. The first-order chi connectivity index (χ1) is 13.3. The Morgan fingerprint density at radius 2 is 1.57 bits per heavy atom. The van der Waals surface area contributed by atoms with E-state index >= 15 is 0 Å². The molecule has 0 radical (unpaired) electrons. The van der Waals surface area contributed by atoms with Crippen molar-refractivity contribution < 1.29 is 14.6 Å². The van der Waals surface area contributed by atoms with E-state index in [4.69, 9.17) is 0 Å². The molecule has 2 aromatic carbocycles. The highest BCUT2D eigenvalue weighted by molar-refractivity contribution is 5.95. The van der Waals surface area contributed by atoms with Gasteiger partial charge in [0.2, 0.25) is 0 Å². The Kier molecular flexibility index (Phi) is 6.53. The Hall–Kier alpha value is -2.17. The molecule has 1 fully saturated rings. The van der Waals surface area contributed by atoms with Crippen LogP contribution in [0, 0.1) is 27.7 Å². The van der Waals surface area contributed by atoms with Gasteiger partial charge in [-0.2, -0.15) is 0 Å². The highest BCUT2D eigenvalue weighted by Gasteiger charge is 2.31. The van der Waals surface area contributed by atoms with Crippen molar-refractivity contribution in [3.63, 3.8) is 0 Å². The fourth-order valence-electron chi connectivity index (χ4n) is 4.41. The third-order valence-electron chi connectivity index (χ3n) is 6.23. The molecule has 0 saturated carbocycles. The molecule has 4 nitrogen and oxygen atoms in total. The number of carbonyl (C=O) groups excluding carboxylic acids is 1. The van der Waals surface area contributed by atoms with Crippen LogP contribution >= 0.6 is 0 Å². The van der Waals surface area contributed by atoms with Crippen LogP contribution in [-0.4, -0.2) is 38.1 Å². The van der Waals surface area contributed by atoms with E-state index in [2.05, 4.69) is 76.3 Å². The van der Waals surface area contributed by atoms with Crippen molar-refractivity contribution in [1.29, 1.82) is 0 Å². The van der Waals surface area contributed by atoms with Crippen LogP contribution in [0.1, 0.15) is 34.7 Å². The highest BCUT2D eigenvalue weighted by Crippen LogP contribution is 2.21. The SMILES string of the molecule is Cc1cc(C)c(NC(=O)[C@H](C)[NH+]2CC[NH+](Cc3ccccc3C)CC2)c(C)c1. The van der Waals surface area contributed by atoms with Gasteiger partial charge in [0, 0.05) is 11.3 Å². The fraction of sp³-hybridized carbons (Fsp3) is 0.458. The average Bonchev–Trinajstić information content (AvgIpc) is 2.66. The first-order valence-corrected chi connectivity index (χ1v) is 10.5. The van der Waals surface area contributed by atoms with Crippen LogP contribution in [0.25, 0.3) is 0 Å². The highest BCUT2D eigenvalue weighted by atomic mass is 16.2. The summed E-state index contributed by atoms with van der Waals surface area (Å²) in [6.45, 7) is 15.9. The van der Waals surface area contributed by atoms with Gasteiger partial charge in [-0.15, -0.1) is 0 Å². The van der Waals surface area contributed by atoms with Crippen LogP contribution in [0.2, 0.25) is 0 Å². The monoisotopic (exact) mass is 381 g/mol. The molecule has 1 atom stereocenters.